The number of thioether (sulfide) groups is 1. The van der Waals surface area contributed by atoms with Gasteiger partial charge in [-0.1, -0.05) is 45.0 Å². The quantitative estimate of drug-likeness (QED) is 0.892. The van der Waals surface area contributed by atoms with E-state index in [1.807, 2.05) is 11.8 Å². The fraction of sp³-hybridized carbons (Fsp3) is 0.647. The summed E-state index contributed by atoms with van der Waals surface area (Å²) >= 11 is 2.02. The topological polar surface area (TPSA) is 21.3 Å². The number of benzene rings is 1. The predicted octanol–water partition coefficient (Wildman–Crippen LogP) is 3.81. The molecule has 2 unspecified atom stereocenters. The van der Waals surface area contributed by atoms with Crippen LogP contribution in [0.2, 0.25) is 0 Å². The van der Waals surface area contributed by atoms with Gasteiger partial charge in [-0.05, 0) is 31.0 Å². The highest BCUT2D eigenvalue weighted by molar-refractivity contribution is 8.00. The molecular formula is C17H27NOS. The van der Waals surface area contributed by atoms with Crippen molar-refractivity contribution in [2.75, 3.05) is 19.4 Å². The molecule has 0 spiro atoms. The first-order valence-corrected chi connectivity index (χ1v) is 8.49. The van der Waals surface area contributed by atoms with E-state index in [2.05, 4.69) is 57.4 Å². The summed E-state index contributed by atoms with van der Waals surface area (Å²) in [5, 5.41) is 3.45. The van der Waals surface area contributed by atoms with Crippen LogP contribution < -0.4 is 5.32 Å². The van der Waals surface area contributed by atoms with Crippen molar-refractivity contribution in [1.29, 1.82) is 0 Å². The van der Waals surface area contributed by atoms with Crippen LogP contribution in [-0.2, 0) is 11.2 Å². The van der Waals surface area contributed by atoms with E-state index in [4.69, 9.17) is 4.74 Å². The number of nitrogens with one attached hydrogen (secondary N) is 1. The number of ether oxygens (including phenoxy) is 1. The minimum atomic E-state index is 0.248. The molecule has 0 aliphatic carbocycles. The summed E-state index contributed by atoms with van der Waals surface area (Å²) in [6, 6.07) is 9.21. The van der Waals surface area contributed by atoms with E-state index >= 15 is 0 Å². The minimum Gasteiger partial charge on any atom is -0.373 e. The molecule has 3 heteroatoms. The Morgan fingerprint density at radius 3 is 2.80 bits per heavy atom. The zero-order chi connectivity index (χ0) is 14.6. The molecule has 1 aliphatic rings. The fourth-order valence-corrected chi connectivity index (χ4v) is 3.55. The van der Waals surface area contributed by atoms with Crippen LogP contribution in [0, 0.1) is 0 Å². The summed E-state index contributed by atoms with van der Waals surface area (Å²) in [5.74, 6) is 1.13. The number of fused-ring (bicyclic) bond motifs is 1. The van der Waals surface area contributed by atoms with Gasteiger partial charge in [0, 0.05) is 16.5 Å². The summed E-state index contributed by atoms with van der Waals surface area (Å²) in [5.41, 5.74) is 2.85. The highest BCUT2D eigenvalue weighted by Crippen LogP contribution is 2.32. The normalized spacial score (nSPS) is 20.5. The van der Waals surface area contributed by atoms with Crippen LogP contribution in [0.15, 0.2) is 24.3 Å². The average molecular weight is 293 g/mol. The van der Waals surface area contributed by atoms with Crippen LogP contribution in [0.4, 0.5) is 0 Å². The maximum Gasteiger partial charge on any atom is 0.0842 e. The first kappa shape index (κ1) is 15.9. The predicted molar refractivity (Wildman–Crippen MR) is 88.5 cm³/mol. The van der Waals surface area contributed by atoms with Crippen LogP contribution in [0.3, 0.4) is 0 Å². The average Bonchev–Trinajstić information content (AvgIpc) is 2.42. The van der Waals surface area contributed by atoms with Gasteiger partial charge in [-0.25, -0.2) is 0 Å². The lowest BCUT2D eigenvalue weighted by Crippen LogP contribution is -2.33. The van der Waals surface area contributed by atoms with E-state index in [0.29, 0.717) is 10.8 Å². The van der Waals surface area contributed by atoms with E-state index in [9.17, 15) is 0 Å². The Hall–Kier alpha value is -0.510. The SMILES string of the molecule is CNC(CSC(C)(C)C)CC1OCCc2ccccc21. The van der Waals surface area contributed by atoms with E-state index in [0.717, 1.165) is 25.2 Å². The van der Waals surface area contributed by atoms with Gasteiger partial charge in [0.05, 0.1) is 12.7 Å². The van der Waals surface area contributed by atoms with E-state index < -0.39 is 0 Å². The molecule has 1 aromatic rings. The third-order valence-corrected chi connectivity index (χ3v) is 5.15. The molecular weight excluding hydrogens is 266 g/mol. The smallest absolute Gasteiger partial charge is 0.0842 e. The van der Waals surface area contributed by atoms with Gasteiger partial charge in [0.1, 0.15) is 0 Å². The summed E-state index contributed by atoms with van der Waals surface area (Å²) in [4.78, 5) is 0. The van der Waals surface area contributed by atoms with Gasteiger partial charge in [0.2, 0.25) is 0 Å². The summed E-state index contributed by atoms with van der Waals surface area (Å²) in [7, 11) is 2.06. The second-order valence-corrected chi connectivity index (χ2v) is 8.30. The first-order chi connectivity index (χ1) is 9.49. The standard InChI is InChI=1S/C17H27NOS/c1-17(2,3)20-12-14(18-4)11-16-15-8-6-5-7-13(15)9-10-19-16/h5-8,14,16,18H,9-12H2,1-4H3. The molecule has 2 rings (SSSR count). The molecule has 0 radical (unpaired) electrons. The minimum absolute atomic E-state index is 0.248. The molecule has 0 saturated carbocycles. The summed E-state index contributed by atoms with van der Waals surface area (Å²) < 4.78 is 6.34. The molecule has 2 nitrogen and oxygen atoms in total. The monoisotopic (exact) mass is 293 g/mol. The third kappa shape index (κ3) is 4.51. The molecule has 2 atom stereocenters. The lowest BCUT2D eigenvalue weighted by atomic mass is 9.94. The summed E-state index contributed by atoms with van der Waals surface area (Å²) in [6.45, 7) is 7.68. The zero-order valence-electron chi connectivity index (χ0n) is 13.1. The molecule has 0 amide bonds. The highest BCUT2D eigenvalue weighted by Gasteiger charge is 2.24. The zero-order valence-corrected chi connectivity index (χ0v) is 13.9. The second-order valence-electron chi connectivity index (χ2n) is 6.45. The van der Waals surface area contributed by atoms with Gasteiger partial charge < -0.3 is 10.1 Å². The Morgan fingerprint density at radius 1 is 1.35 bits per heavy atom. The first-order valence-electron chi connectivity index (χ1n) is 7.50. The molecule has 0 bridgehead atoms. The van der Waals surface area contributed by atoms with Crippen LogP contribution in [-0.4, -0.2) is 30.2 Å². The molecule has 1 N–H and O–H groups in total. The van der Waals surface area contributed by atoms with Gasteiger partial charge >= 0.3 is 0 Å². The largest absolute Gasteiger partial charge is 0.373 e. The second kappa shape index (κ2) is 6.97. The van der Waals surface area contributed by atoms with Gasteiger partial charge in [0.25, 0.3) is 0 Å². The van der Waals surface area contributed by atoms with Crippen LogP contribution in [0.5, 0.6) is 0 Å². The Bertz CT molecular complexity index is 427. The fourth-order valence-electron chi connectivity index (χ4n) is 2.55. The van der Waals surface area contributed by atoms with Gasteiger partial charge in [-0.3, -0.25) is 0 Å². The van der Waals surface area contributed by atoms with Crippen molar-refractivity contribution in [3.8, 4) is 0 Å². The molecule has 1 aliphatic heterocycles. The lowest BCUT2D eigenvalue weighted by Gasteiger charge is -2.30. The Kier molecular flexibility index (Phi) is 5.53. The maximum atomic E-state index is 6.02. The number of hydrogen-bond acceptors (Lipinski definition) is 3. The number of hydrogen-bond donors (Lipinski definition) is 1. The van der Waals surface area contributed by atoms with Crippen molar-refractivity contribution in [2.24, 2.45) is 0 Å². The maximum absolute atomic E-state index is 6.02. The molecule has 112 valence electrons. The van der Waals surface area contributed by atoms with Gasteiger partial charge in [0.15, 0.2) is 0 Å². The van der Waals surface area contributed by atoms with Crippen LogP contribution >= 0.6 is 11.8 Å². The van der Waals surface area contributed by atoms with Crippen molar-refractivity contribution in [1.82, 2.24) is 5.32 Å². The van der Waals surface area contributed by atoms with Crippen molar-refractivity contribution in [3.63, 3.8) is 0 Å². The molecule has 1 heterocycles. The van der Waals surface area contributed by atoms with Crippen molar-refractivity contribution < 1.29 is 4.74 Å². The molecule has 0 aromatic heterocycles. The lowest BCUT2D eigenvalue weighted by molar-refractivity contribution is 0.0315. The van der Waals surface area contributed by atoms with Gasteiger partial charge in [-0.2, -0.15) is 11.8 Å². The molecule has 0 saturated heterocycles. The van der Waals surface area contributed by atoms with Crippen LogP contribution in [0.1, 0.15) is 44.4 Å². The third-order valence-electron chi connectivity index (χ3n) is 3.72. The molecule has 20 heavy (non-hydrogen) atoms. The molecule has 1 aromatic carbocycles. The Morgan fingerprint density at radius 2 is 2.10 bits per heavy atom. The van der Waals surface area contributed by atoms with E-state index in [-0.39, 0.29) is 6.10 Å². The van der Waals surface area contributed by atoms with E-state index in [1.54, 1.807) is 0 Å². The van der Waals surface area contributed by atoms with Crippen LogP contribution in [0.25, 0.3) is 0 Å². The molecule has 0 fully saturated rings. The van der Waals surface area contributed by atoms with Crippen molar-refractivity contribution >= 4 is 11.8 Å². The Labute approximate surface area is 127 Å². The van der Waals surface area contributed by atoms with E-state index in [1.165, 1.54) is 11.1 Å². The summed E-state index contributed by atoms with van der Waals surface area (Å²) in [6.07, 6.45) is 2.35. The van der Waals surface area contributed by atoms with Gasteiger partial charge in [-0.15, -0.1) is 0 Å². The number of rotatable bonds is 5. The Balaban J connectivity index is 1.98. The van der Waals surface area contributed by atoms with Crippen molar-refractivity contribution in [3.05, 3.63) is 35.4 Å². The highest BCUT2D eigenvalue weighted by atomic mass is 32.2. The van der Waals surface area contributed by atoms with Crippen molar-refractivity contribution in [2.45, 2.75) is 50.5 Å².